The molecule has 0 radical (unpaired) electrons. The lowest BCUT2D eigenvalue weighted by molar-refractivity contribution is 0.375. The van der Waals surface area contributed by atoms with Crippen molar-refractivity contribution in [1.29, 1.82) is 0 Å². The predicted molar refractivity (Wildman–Crippen MR) is 178 cm³/mol. The fraction of sp³-hybridized carbons (Fsp3) is 0.118. The molecule has 0 unspecified atom stereocenters. The molecule has 0 spiro atoms. The molecule has 0 amide bonds. The SMILES string of the molecule is COc1cccc(OC)c1C(C)(c1ccc(S)c(-c2ccccc2S)c1)c1ccc(S)c(-c2ccccc2S)c1. The summed E-state index contributed by atoms with van der Waals surface area (Å²) in [7, 11) is 3.38. The lowest BCUT2D eigenvalue weighted by atomic mass is 9.69. The van der Waals surface area contributed by atoms with Crippen molar-refractivity contribution in [3.05, 3.63) is 120 Å². The lowest BCUT2D eigenvalue weighted by Crippen LogP contribution is -2.27. The van der Waals surface area contributed by atoms with E-state index in [1.807, 2.05) is 66.7 Å². The first-order valence-electron chi connectivity index (χ1n) is 12.7. The highest BCUT2D eigenvalue weighted by molar-refractivity contribution is 7.81. The van der Waals surface area contributed by atoms with E-state index in [-0.39, 0.29) is 0 Å². The van der Waals surface area contributed by atoms with Gasteiger partial charge < -0.3 is 9.47 Å². The third-order valence-electron chi connectivity index (χ3n) is 7.46. The number of methoxy groups -OCH3 is 2. The van der Waals surface area contributed by atoms with Gasteiger partial charge in [0.15, 0.2) is 0 Å². The summed E-state index contributed by atoms with van der Waals surface area (Å²) in [6, 6.07) is 34.8. The second-order valence-electron chi connectivity index (χ2n) is 9.66. The Kier molecular flexibility index (Phi) is 8.52. The van der Waals surface area contributed by atoms with E-state index in [4.69, 9.17) is 60.0 Å². The van der Waals surface area contributed by atoms with Crippen LogP contribution in [0.4, 0.5) is 0 Å². The third-order valence-corrected chi connectivity index (χ3v) is 9.02. The van der Waals surface area contributed by atoms with Gasteiger partial charge in [0.1, 0.15) is 11.5 Å². The summed E-state index contributed by atoms with van der Waals surface area (Å²) in [4.78, 5) is 3.52. The minimum absolute atomic E-state index is 0.693. The van der Waals surface area contributed by atoms with Crippen LogP contribution in [0, 0.1) is 0 Å². The van der Waals surface area contributed by atoms with Crippen LogP contribution in [-0.2, 0) is 5.41 Å². The topological polar surface area (TPSA) is 18.5 Å². The van der Waals surface area contributed by atoms with Gasteiger partial charge in [0.25, 0.3) is 0 Å². The van der Waals surface area contributed by atoms with Crippen LogP contribution in [0.25, 0.3) is 22.3 Å². The van der Waals surface area contributed by atoms with Crippen LogP contribution < -0.4 is 9.47 Å². The third kappa shape index (κ3) is 5.14. The highest BCUT2D eigenvalue weighted by Gasteiger charge is 2.38. The number of hydrogen-bond donors (Lipinski definition) is 4. The predicted octanol–water partition coefficient (Wildman–Crippen LogP) is 9.55. The van der Waals surface area contributed by atoms with Gasteiger partial charge in [0.05, 0.1) is 19.8 Å². The molecule has 0 saturated heterocycles. The minimum Gasteiger partial charge on any atom is -0.496 e. The van der Waals surface area contributed by atoms with Gasteiger partial charge in [-0.1, -0.05) is 54.6 Å². The maximum Gasteiger partial charge on any atom is 0.127 e. The Labute approximate surface area is 258 Å². The highest BCUT2D eigenvalue weighted by Crippen LogP contribution is 2.50. The average molecular weight is 599 g/mol. The first-order chi connectivity index (χ1) is 19.3. The molecule has 0 saturated carbocycles. The number of rotatable bonds is 7. The second-order valence-corrected chi connectivity index (χ2v) is 11.6. The first kappa shape index (κ1) is 28.6. The Hall–Kier alpha value is -2.90. The molecule has 0 bridgehead atoms. The van der Waals surface area contributed by atoms with Crippen molar-refractivity contribution < 1.29 is 9.47 Å². The van der Waals surface area contributed by atoms with Gasteiger partial charge in [-0.15, -0.1) is 50.5 Å². The molecule has 5 rings (SSSR count). The molecule has 0 fully saturated rings. The Morgan fingerprint density at radius 1 is 0.475 bits per heavy atom. The Bertz CT molecular complexity index is 1580. The minimum atomic E-state index is -0.693. The Morgan fingerprint density at radius 2 is 0.875 bits per heavy atom. The summed E-state index contributed by atoms with van der Waals surface area (Å²) in [5, 5.41) is 0. The van der Waals surface area contributed by atoms with Gasteiger partial charge in [-0.05, 0) is 88.8 Å². The zero-order chi connectivity index (χ0) is 28.4. The van der Waals surface area contributed by atoms with Crippen LogP contribution in [-0.4, -0.2) is 14.2 Å². The van der Waals surface area contributed by atoms with E-state index in [0.717, 1.165) is 70.0 Å². The van der Waals surface area contributed by atoms with Crippen LogP contribution in [0.5, 0.6) is 11.5 Å². The molecule has 5 aromatic carbocycles. The van der Waals surface area contributed by atoms with Crippen molar-refractivity contribution in [2.24, 2.45) is 0 Å². The van der Waals surface area contributed by atoms with Gasteiger partial charge in [-0.3, -0.25) is 0 Å². The Morgan fingerprint density at radius 3 is 1.27 bits per heavy atom. The summed E-state index contributed by atoms with van der Waals surface area (Å²) < 4.78 is 11.9. The molecule has 0 atom stereocenters. The zero-order valence-corrected chi connectivity index (χ0v) is 26.0. The van der Waals surface area contributed by atoms with E-state index >= 15 is 0 Å². The number of benzene rings is 5. The number of ether oxygens (including phenoxy) is 2. The average Bonchev–Trinajstić information content (AvgIpc) is 2.97. The van der Waals surface area contributed by atoms with Gasteiger partial charge in [0, 0.05) is 25.0 Å². The van der Waals surface area contributed by atoms with E-state index in [9.17, 15) is 0 Å². The van der Waals surface area contributed by atoms with E-state index in [1.54, 1.807) is 14.2 Å². The largest absolute Gasteiger partial charge is 0.496 e. The summed E-state index contributed by atoms with van der Waals surface area (Å²) in [5.41, 5.74) is 6.37. The van der Waals surface area contributed by atoms with Crippen LogP contribution in [0.15, 0.2) is 123 Å². The standard InChI is InChI=1S/C34H30O2S4/c1-34(33-27(35-2)11-8-12-28(33)36-3,21-15-17-31(39)25(19-21)23-9-4-6-13-29(23)37)22-16-18-32(40)26(20-22)24-10-5-7-14-30(24)38/h4-20,37-40H,1-3H3. The molecule has 0 aliphatic carbocycles. The molecule has 0 aliphatic rings. The molecular weight excluding hydrogens is 569 g/mol. The second kappa shape index (κ2) is 11.9. The Balaban J connectivity index is 1.86. The van der Waals surface area contributed by atoms with Crippen molar-refractivity contribution in [3.63, 3.8) is 0 Å². The first-order valence-corrected chi connectivity index (χ1v) is 14.5. The van der Waals surface area contributed by atoms with Gasteiger partial charge >= 0.3 is 0 Å². The molecule has 40 heavy (non-hydrogen) atoms. The molecule has 6 heteroatoms. The summed E-state index contributed by atoms with van der Waals surface area (Å²) in [6.07, 6.45) is 0. The smallest absolute Gasteiger partial charge is 0.127 e. The van der Waals surface area contributed by atoms with Gasteiger partial charge in [-0.25, -0.2) is 0 Å². The molecule has 0 N–H and O–H groups in total. The highest BCUT2D eigenvalue weighted by atomic mass is 32.1. The monoisotopic (exact) mass is 598 g/mol. The normalized spacial score (nSPS) is 11.4. The van der Waals surface area contributed by atoms with Crippen LogP contribution >= 0.6 is 50.5 Å². The van der Waals surface area contributed by atoms with Crippen molar-refractivity contribution in [2.45, 2.75) is 31.9 Å². The maximum atomic E-state index is 5.96. The maximum absolute atomic E-state index is 5.96. The van der Waals surface area contributed by atoms with Gasteiger partial charge in [-0.2, -0.15) is 0 Å². The van der Waals surface area contributed by atoms with Crippen LogP contribution in [0.2, 0.25) is 0 Å². The molecule has 0 aliphatic heterocycles. The molecule has 2 nitrogen and oxygen atoms in total. The number of thiol groups is 4. The fourth-order valence-electron chi connectivity index (χ4n) is 5.33. The van der Waals surface area contributed by atoms with Crippen LogP contribution in [0.1, 0.15) is 23.6 Å². The van der Waals surface area contributed by atoms with Gasteiger partial charge in [0.2, 0.25) is 0 Å². The van der Waals surface area contributed by atoms with E-state index in [0.29, 0.717) is 0 Å². The molecule has 0 aromatic heterocycles. The molecule has 0 heterocycles. The zero-order valence-electron chi connectivity index (χ0n) is 22.4. The van der Waals surface area contributed by atoms with Crippen molar-refractivity contribution in [3.8, 4) is 33.8 Å². The summed E-state index contributed by atoms with van der Waals surface area (Å²) >= 11 is 19.2. The van der Waals surface area contributed by atoms with Crippen molar-refractivity contribution in [2.75, 3.05) is 14.2 Å². The van der Waals surface area contributed by atoms with Crippen LogP contribution in [0.3, 0.4) is 0 Å². The van der Waals surface area contributed by atoms with E-state index < -0.39 is 5.41 Å². The molecule has 202 valence electrons. The summed E-state index contributed by atoms with van der Waals surface area (Å²) in [6.45, 7) is 2.21. The lowest BCUT2D eigenvalue weighted by Gasteiger charge is -2.35. The van der Waals surface area contributed by atoms with E-state index in [1.165, 1.54) is 0 Å². The number of hydrogen-bond acceptors (Lipinski definition) is 6. The quantitative estimate of drug-likeness (QED) is 0.110. The van der Waals surface area contributed by atoms with Crippen molar-refractivity contribution in [1.82, 2.24) is 0 Å². The van der Waals surface area contributed by atoms with Crippen molar-refractivity contribution >= 4 is 50.5 Å². The fourth-order valence-corrected chi connectivity index (χ4v) is 6.41. The molecular formula is C34H30O2S4. The molecule has 5 aromatic rings. The summed E-state index contributed by atoms with van der Waals surface area (Å²) in [5.74, 6) is 1.47. The van der Waals surface area contributed by atoms with E-state index in [2.05, 4.69) is 43.3 Å².